The van der Waals surface area contributed by atoms with Crippen molar-refractivity contribution in [2.24, 2.45) is 0 Å². The molecule has 0 atom stereocenters. The molecule has 0 unspecified atom stereocenters. The van der Waals surface area contributed by atoms with Crippen LogP contribution in [0.1, 0.15) is 43.4 Å². The standard InChI is InChI=1S/C20H24N2O2/c1-4-16-7-5-6-8-18(16)22-20(24)19(23)21-13-15-9-11-17(12-10-15)14(2)3/h5-12,14H,4,13H2,1-3H3,(H,21,23)(H,22,24). The molecule has 2 rings (SSSR count). The predicted octanol–water partition coefficient (Wildman–Crippen LogP) is 3.63. The largest absolute Gasteiger partial charge is 0.344 e. The smallest absolute Gasteiger partial charge is 0.313 e. The molecule has 0 saturated carbocycles. The van der Waals surface area contributed by atoms with Gasteiger partial charge in [0.15, 0.2) is 0 Å². The van der Waals surface area contributed by atoms with Gasteiger partial charge in [0.25, 0.3) is 0 Å². The Morgan fingerprint density at radius 2 is 1.62 bits per heavy atom. The van der Waals surface area contributed by atoms with E-state index in [0.717, 1.165) is 17.5 Å². The zero-order chi connectivity index (χ0) is 17.5. The number of carbonyl (C=O) groups is 2. The molecule has 0 saturated heterocycles. The number of benzene rings is 2. The summed E-state index contributed by atoms with van der Waals surface area (Å²) in [4.78, 5) is 24.0. The van der Waals surface area contributed by atoms with Crippen LogP contribution in [-0.4, -0.2) is 11.8 Å². The summed E-state index contributed by atoms with van der Waals surface area (Å²) in [5, 5.41) is 5.32. The number of hydrogen-bond donors (Lipinski definition) is 2. The molecule has 0 aliphatic carbocycles. The zero-order valence-electron chi connectivity index (χ0n) is 14.4. The summed E-state index contributed by atoms with van der Waals surface area (Å²) in [5.41, 5.74) is 3.90. The van der Waals surface area contributed by atoms with E-state index in [9.17, 15) is 9.59 Å². The number of aryl methyl sites for hydroxylation is 1. The first-order valence-electron chi connectivity index (χ1n) is 8.27. The predicted molar refractivity (Wildman–Crippen MR) is 96.8 cm³/mol. The highest BCUT2D eigenvalue weighted by molar-refractivity contribution is 6.39. The molecule has 0 fully saturated rings. The SMILES string of the molecule is CCc1ccccc1NC(=O)C(=O)NCc1ccc(C(C)C)cc1. The minimum Gasteiger partial charge on any atom is -0.344 e. The first-order chi connectivity index (χ1) is 11.5. The Morgan fingerprint density at radius 3 is 2.25 bits per heavy atom. The topological polar surface area (TPSA) is 58.2 Å². The molecule has 0 radical (unpaired) electrons. The van der Waals surface area contributed by atoms with Crippen molar-refractivity contribution in [1.29, 1.82) is 0 Å². The summed E-state index contributed by atoms with van der Waals surface area (Å²) < 4.78 is 0. The normalized spacial score (nSPS) is 10.5. The van der Waals surface area contributed by atoms with Crippen LogP contribution in [0, 0.1) is 0 Å². The lowest BCUT2D eigenvalue weighted by Crippen LogP contribution is -2.35. The Labute approximate surface area is 143 Å². The maximum absolute atomic E-state index is 12.0. The van der Waals surface area contributed by atoms with Crippen molar-refractivity contribution in [3.05, 3.63) is 65.2 Å². The molecule has 4 nitrogen and oxygen atoms in total. The second kappa shape index (κ2) is 8.29. The number of para-hydroxylation sites is 1. The monoisotopic (exact) mass is 324 g/mol. The van der Waals surface area contributed by atoms with Gasteiger partial charge in [-0.05, 0) is 35.1 Å². The molecule has 2 aromatic rings. The number of carbonyl (C=O) groups excluding carboxylic acids is 2. The van der Waals surface area contributed by atoms with E-state index in [1.165, 1.54) is 5.56 Å². The van der Waals surface area contributed by atoms with Crippen LogP contribution in [0.15, 0.2) is 48.5 Å². The van der Waals surface area contributed by atoms with Crippen molar-refractivity contribution in [3.63, 3.8) is 0 Å². The third-order valence-electron chi connectivity index (χ3n) is 3.95. The molecule has 2 amide bonds. The summed E-state index contributed by atoms with van der Waals surface area (Å²) >= 11 is 0. The fourth-order valence-electron chi connectivity index (χ4n) is 2.41. The van der Waals surface area contributed by atoms with Crippen molar-refractivity contribution in [3.8, 4) is 0 Å². The van der Waals surface area contributed by atoms with Crippen LogP contribution >= 0.6 is 0 Å². The van der Waals surface area contributed by atoms with Crippen molar-refractivity contribution in [2.45, 2.75) is 39.7 Å². The Hall–Kier alpha value is -2.62. The summed E-state index contributed by atoms with van der Waals surface area (Å²) in [6.45, 7) is 6.61. The molecule has 126 valence electrons. The molecule has 0 heterocycles. The van der Waals surface area contributed by atoms with Crippen LogP contribution in [-0.2, 0) is 22.6 Å². The average Bonchev–Trinajstić information content (AvgIpc) is 2.60. The van der Waals surface area contributed by atoms with E-state index in [1.807, 2.05) is 49.4 Å². The van der Waals surface area contributed by atoms with Gasteiger partial charge in [-0.25, -0.2) is 0 Å². The quantitative estimate of drug-likeness (QED) is 0.825. The van der Waals surface area contributed by atoms with Gasteiger partial charge >= 0.3 is 11.8 Å². The summed E-state index contributed by atoms with van der Waals surface area (Å²) in [7, 11) is 0. The number of rotatable bonds is 5. The van der Waals surface area contributed by atoms with Crippen LogP contribution in [0.4, 0.5) is 5.69 Å². The van der Waals surface area contributed by atoms with Gasteiger partial charge in [0, 0.05) is 12.2 Å². The fourth-order valence-corrected chi connectivity index (χ4v) is 2.41. The van der Waals surface area contributed by atoms with E-state index in [0.29, 0.717) is 18.2 Å². The highest BCUT2D eigenvalue weighted by Crippen LogP contribution is 2.16. The zero-order valence-corrected chi connectivity index (χ0v) is 14.4. The molecular weight excluding hydrogens is 300 g/mol. The van der Waals surface area contributed by atoms with Gasteiger partial charge in [-0.3, -0.25) is 9.59 Å². The van der Waals surface area contributed by atoms with Gasteiger partial charge in [-0.2, -0.15) is 0 Å². The first kappa shape index (κ1) is 17.7. The molecule has 0 aliphatic rings. The lowest BCUT2D eigenvalue weighted by atomic mass is 10.0. The highest BCUT2D eigenvalue weighted by Gasteiger charge is 2.14. The minimum atomic E-state index is -0.644. The number of hydrogen-bond acceptors (Lipinski definition) is 2. The van der Waals surface area contributed by atoms with E-state index < -0.39 is 11.8 Å². The summed E-state index contributed by atoms with van der Waals surface area (Å²) in [6, 6.07) is 15.5. The minimum absolute atomic E-state index is 0.333. The Morgan fingerprint density at radius 1 is 0.958 bits per heavy atom. The first-order valence-corrected chi connectivity index (χ1v) is 8.27. The molecule has 0 spiro atoms. The molecule has 2 aromatic carbocycles. The molecule has 0 aromatic heterocycles. The number of amides is 2. The fraction of sp³-hybridized carbons (Fsp3) is 0.300. The Balaban J connectivity index is 1.91. The molecule has 4 heteroatoms. The van der Waals surface area contributed by atoms with Gasteiger partial charge < -0.3 is 10.6 Å². The Bertz CT molecular complexity index is 706. The van der Waals surface area contributed by atoms with Gasteiger partial charge in [0.1, 0.15) is 0 Å². The lowest BCUT2D eigenvalue weighted by molar-refractivity contribution is -0.136. The van der Waals surface area contributed by atoms with E-state index >= 15 is 0 Å². The lowest BCUT2D eigenvalue weighted by Gasteiger charge is -2.10. The second-order valence-electron chi connectivity index (χ2n) is 6.04. The van der Waals surface area contributed by atoms with Crippen LogP contribution in [0.25, 0.3) is 0 Å². The Kier molecular flexibility index (Phi) is 6.13. The van der Waals surface area contributed by atoms with Crippen LogP contribution in [0.5, 0.6) is 0 Å². The number of anilines is 1. The van der Waals surface area contributed by atoms with Gasteiger partial charge in [-0.1, -0.05) is 63.2 Å². The van der Waals surface area contributed by atoms with Crippen LogP contribution in [0.2, 0.25) is 0 Å². The molecule has 2 N–H and O–H groups in total. The van der Waals surface area contributed by atoms with Crippen molar-refractivity contribution < 1.29 is 9.59 Å². The van der Waals surface area contributed by atoms with Crippen LogP contribution < -0.4 is 10.6 Å². The third kappa shape index (κ3) is 4.69. The van der Waals surface area contributed by atoms with E-state index in [1.54, 1.807) is 6.07 Å². The van der Waals surface area contributed by atoms with E-state index in [2.05, 4.69) is 24.5 Å². The summed E-state index contributed by atoms with van der Waals surface area (Å²) in [5.74, 6) is -0.804. The molecule has 24 heavy (non-hydrogen) atoms. The van der Waals surface area contributed by atoms with Crippen LogP contribution in [0.3, 0.4) is 0 Å². The molecule has 0 aliphatic heterocycles. The number of nitrogens with one attached hydrogen (secondary N) is 2. The third-order valence-corrected chi connectivity index (χ3v) is 3.95. The van der Waals surface area contributed by atoms with Crippen molar-refractivity contribution in [1.82, 2.24) is 5.32 Å². The molecule has 0 bridgehead atoms. The van der Waals surface area contributed by atoms with Crippen molar-refractivity contribution in [2.75, 3.05) is 5.32 Å². The van der Waals surface area contributed by atoms with E-state index in [-0.39, 0.29) is 0 Å². The van der Waals surface area contributed by atoms with Gasteiger partial charge in [0.2, 0.25) is 0 Å². The van der Waals surface area contributed by atoms with Crippen molar-refractivity contribution >= 4 is 17.5 Å². The van der Waals surface area contributed by atoms with E-state index in [4.69, 9.17) is 0 Å². The maximum atomic E-state index is 12.0. The maximum Gasteiger partial charge on any atom is 0.313 e. The molecular formula is C20H24N2O2. The van der Waals surface area contributed by atoms with Gasteiger partial charge in [-0.15, -0.1) is 0 Å². The average molecular weight is 324 g/mol. The van der Waals surface area contributed by atoms with Gasteiger partial charge in [0.05, 0.1) is 0 Å². The highest BCUT2D eigenvalue weighted by atomic mass is 16.2. The summed E-state index contributed by atoms with van der Waals surface area (Å²) in [6.07, 6.45) is 0.792. The second-order valence-corrected chi connectivity index (χ2v) is 6.04.